The molecule has 4 aromatic rings. The highest BCUT2D eigenvalue weighted by atomic mass is 16.5. The second kappa shape index (κ2) is 6.50. The van der Waals surface area contributed by atoms with Gasteiger partial charge in [0.2, 0.25) is 0 Å². The molecule has 28 heavy (non-hydrogen) atoms. The van der Waals surface area contributed by atoms with Crippen molar-refractivity contribution in [1.82, 2.24) is 0 Å². The summed E-state index contributed by atoms with van der Waals surface area (Å²) < 4.78 is 6.70. The van der Waals surface area contributed by atoms with E-state index in [-0.39, 0.29) is 0 Å². The largest absolute Gasteiger partial charge is 0.472 e. The highest BCUT2D eigenvalue weighted by Crippen LogP contribution is 2.45. The van der Waals surface area contributed by atoms with Crippen LogP contribution in [-0.4, -0.2) is 6.29 Å². The van der Waals surface area contributed by atoms with E-state index >= 15 is 0 Å². The third kappa shape index (κ3) is 2.46. The van der Waals surface area contributed by atoms with Crippen molar-refractivity contribution in [2.24, 2.45) is 0 Å². The van der Waals surface area contributed by atoms with Crippen molar-refractivity contribution in [3.63, 3.8) is 0 Å². The molecule has 1 aliphatic heterocycles. The first-order chi connectivity index (χ1) is 13.8. The smallest absolute Gasteiger partial charge is 0.178 e. The van der Waals surface area contributed by atoms with Gasteiger partial charge in [0.1, 0.15) is 5.75 Å². The molecule has 0 aliphatic carbocycles. The maximum Gasteiger partial charge on any atom is 0.178 e. The number of hydrogen-bond donors (Lipinski definition) is 0. The number of rotatable bonds is 3. The van der Waals surface area contributed by atoms with Gasteiger partial charge in [-0.2, -0.15) is 0 Å². The van der Waals surface area contributed by atoms with Crippen molar-refractivity contribution in [2.45, 2.75) is 5.60 Å². The van der Waals surface area contributed by atoms with Crippen LogP contribution in [0.5, 0.6) is 5.75 Å². The van der Waals surface area contributed by atoms with Gasteiger partial charge in [-0.05, 0) is 29.0 Å². The molecular formula is C26H18O2. The van der Waals surface area contributed by atoms with E-state index in [4.69, 9.17) is 4.74 Å². The monoisotopic (exact) mass is 362 g/mol. The SMILES string of the molecule is O=Cc1cc2ccccc2c2c1OC(c1ccccc1)(c1ccccc1)C=C2. The lowest BCUT2D eigenvalue weighted by atomic mass is 9.83. The number of hydrogen-bond acceptors (Lipinski definition) is 2. The Labute approximate surface area is 163 Å². The van der Waals surface area contributed by atoms with Crippen LogP contribution in [0.15, 0.2) is 97.1 Å². The Morgan fingerprint density at radius 1 is 0.750 bits per heavy atom. The Morgan fingerprint density at radius 3 is 2.00 bits per heavy atom. The zero-order chi connectivity index (χ0) is 19.0. The molecule has 0 saturated heterocycles. The van der Waals surface area contributed by atoms with Crippen LogP contribution in [0.4, 0.5) is 0 Å². The number of ether oxygens (including phenoxy) is 1. The average Bonchev–Trinajstić information content (AvgIpc) is 2.79. The standard InChI is InChI=1S/C26H18O2/c27-18-20-17-19-9-7-8-14-23(19)24-15-16-26(28-25(20)24,21-10-3-1-4-11-21)22-12-5-2-6-13-22/h1-18H. The lowest BCUT2D eigenvalue weighted by Gasteiger charge is -2.37. The molecule has 0 aromatic heterocycles. The van der Waals surface area contributed by atoms with E-state index in [0.29, 0.717) is 11.3 Å². The van der Waals surface area contributed by atoms with Crippen LogP contribution in [0.1, 0.15) is 27.0 Å². The van der Waals surface area contributed by atoms with Crippen LogP contribution in [-0.2, 0) is 5.60 Å². The Balaban J connectivity index is 1.80. The van der Waals surface area contributed by atoms with E-state index < -0.39 is 5.60 Å². The van der Waals surface area contributed by atoms with E-state index in [9.17, 15) is 4.79 Å². The van der Waals surface area contributed by atoms with Gasteiger partial charge in [-0.25, -0.2) is 0 Å². The Kier molecular flexibility index (Phi) is 3.84. The number of carbonyl (C=O) groups is 1. The molecule has 2 nitrogen and oxygen atoms in total. The normalized spacial score (nSPS) is 14.3. The van der Waals surface area contributed by atoms with Gasteiger partial charge in [0, 0.05) is 16.7 Å². The van der Waals surface area contributed by atoms with Crippen LogP contribution in [0.25, 0.3) is 16.8 Å². The second-order valence-corrected chi connectivity index (χ2v) is 6.95. The van der Waals surface area contributed by atoms with Gasteiger partial charge in [-0.1, -0.05) is 84.9 Å². The van der Waals surface area contributed by atoms with Gasteiger partial charge < -0.3 is 4.74 Å². The molecule has 0 atom stereocenters. The van der Waals surface area contributed by atoms with Crippen LogP contribution in [0.3, 0.4) is 0 Å². The quantitative estimate of drug-likeness (QED) is 0.418. The number of carbonyl (C=O) groups excluding carboxylic acids is 1. The average molecular weight is 362 g/mol. The molecule has 0 amide bonds. The van der Waals surface area contributed by atoms with Crippen molar-refractivity contribution in [2.75, 3.05) is 0 Å². The highest BCUT2D eigenvalue weighted by Gasteiger charge is 2.38. The lowest BCUT2D eigenvalue weighted by Crippen LogP contribution is -2.34. The summed E-state index contributed by atoms with van der Waals surface area (Å²) in [6.07, 6.45) is 5.07. The summed E-state index contributed by atoms with van der Waals surface area (Å²) >= 11 is 0. The molecule has 2 heteroatoms. The van der Waals surface area contributed by atoms with Gasteiger partial charge in [-0.3, -0.25) is 4.79 Å². The fourth-order valence-corrected chi connectivity index (χ4v) is 3.99. The first-order valence-electron chi connectivity index (χ1n) is 9.32. The van der Waals surface area contributed by atoms with Crippen LogP contribution in [0.2, 0.25) is 0 Å². The summed E-state index contributed by atoms with van der Waals surface area (Å²) in [5.41, 5.74) is 2.77. The Bertz CT molecular complexity index is 1150. The topological polar surface area (TPSA) is 26.3 Å². The third-order valence-electron chi connectivity index (χ3n) is 5.35. The van der Waals surface area contributed by atoms with E-state index in [2.05, 4.69) is 42.5 Å². The van der Waals surface area contributed by atoms with Crippen molar-refractivity contribution in [1.29, 1.82) is 0 Å². The second-order valence-electron chi connectivity index (χ2n) is 6.95. The molecule has 0 fully saturated rings. The third-order valence-corrected chi connectivity index (χ3v) is 5.35. The minimum Gasteiger partial charge on any atom is -0.472 e. The zero-order valence-electron chi connectivity index (χ0n) is 15.2. The van der Waals surface area contributed by atoms with Gasteiger partial charge >= 0.3 is 0 Å². The molecule has 134 valence electrons. The molecule has 0 bridgehead atoms. The van der Waals surface area contributed by atoms with E-state index in [1.165, 1.54) is 0 Å². The lowest BCUT2D eigenvalue weighted by molar-refractivity contribution is 0.110. The highest BCUT2D eigenvalue weighted by molar-refractivity contribution is 6.00. The van der Waals surface area contributed by atoms with E-state index in [1.54, 1.807) is 0 Å². The van der Waals surface area contributed by atoms with Crippen LogP contribution in [0, 0.1) is 0 Å². The van der Waals surface area contributed by atoms with Gasteiger partial charge in [0.05, 0.1) is 5.56 Å². The molecule has 0 spiro atoms. The molecule has 5 rings (SSSR count). The maximum absolute atomic E-state index is 11.9. The minimum absolute atomic E-state index is 0.564. The maximum atomic E-state index is 11.9. The van der Waals surface area contributed by atoms with E-state index in [1.807, 2.05) is 60.7 Å². The predicted octanol–water partition coefficient (Wildman–Crippen LogP) is 6.00. The summed E-state index contributed by atoms with van der Waals surface area (Å²) in [5, 5.41) is 2.11. The molecule has 0 radical (unpaired) electrons. The number of aldehydes is 1. The summed E-state index contributed by atoms with van der Waals surface area (Å²) in [6, 6.07) is 30.2. The van der Waals surface area contributed by atoms with E-state index in [0.717, 1.165) is 33.7 Å². The summed E-state index contributed by atoms with van der Waals surface area (Å²) in [4.78, 5) is 11.9. The molecule has 0 unspecified atom stereocenters. The molecular weight excluding hydrogens is 344 g/mol. The van der Waals surface area contributed by atoms with Crippen LogP contribution >= 0.6 is 0 Å². The first kappa shape index (κ1) is 16.5. The van der Waals surface area contributed by atoms with Crippen molar-refractivity contribution >= 4 is 23.1 Å². The fourth-order valence-electron chi connectivity index (χ4n) is 3.99. The molecule has 1 aliphatic rings. The molecule has 0 saturated carbocycles. The first-order valence-corrected chi connectivity index (χ1v) is 9.32. The molecule has 4 aromatic carbocycles. The molecule has 0 N–H and O–H groups in total. The Morgan fingerprint density at radius 2 is 1.36 bits per heavy atom. The van der Waals surface area contributed by atoms with Crippen molar-refractivity contribution in [3.05, 3.63) is 119 Å². The zero-order valence-corrected chi connectivity index (χ0v) is 15.2. The van der Waals surface area contributed by atoms with Crippen molar-refractivity contribution in [3.8, 4) is 5.75 Å². The Hall–Kier alpha value is -3.65. The molecule has 1 heterocycles. The van der Waals surface area contributed by atoms with Gasteiger partial charge in [-0.15, -0.1) is 0 Å². The summed E-state index contributed by atoms with van der Waals surface area (Å²) in [5.74, 6) is 0.629. The summed E-state index contributed by atoms with van der Waals surface area (Å²) in [7, 11) is 0. The minimum atomic E-state index is -0.782. The van der Waals surface area contributed by atoms with Crippen molar-refractivity contribution < 1.29 is 9.53 Å². The summed E-state index contributed by atoms with van der Waals surface area (Å²) in [6.45, 7) is 0. The number of fused-ring (bicyclic) bond motifs is 3. The van der Waals surface area contributed by atoms with Gasteiger partial charge in [0.25, 0.3) is 0 Å². The predicted molar refractivity (Wildman–Crippen MR) is 113 cm³/mol. The van der Waals surface area contributed by atoms with Crippen LogP contribution < -0.4 is 4.74 Å². The van der Waals surface area contributed by atoms with Gasteiger partial charge in [0.15, 0.2) is 11.9 Å². The number of benzene rings is 4. The fraction of sp³-hybridized carbons (Fsp3) is 0.0385.